The summed E-state index contributed by atoms with van der Waals surface area (Å²) in [4.78, 5) is 2.56. The first-order valence-electron chi connectivity index (χ1n) is 37.6. The van der Waals surface area contributed by atoms with Crippen molar-refractivity contribution in [2.24, 2.45) is 0 Å². The quantitative estimate of drug-likeness (QED) is 0.0506. The second kappa shape index (κ2) is 29.1. The first-order chi connectivity index (χ1) is 51.1. The molecule has 0 N–H and O–H groups in total. The average Bonchev–Trinajstić information content (AvgIpc) is 1.51. The second-order valence-electron chi connectivity index (χ2n) is 29.5. The van der Waals surface area contributed by atoms with Crippen LogP contribution in [-0.4, -0.2) is 17.8 Å². The molecule has 0 fully saturated rings. The molecule has 2 atom stereocenters. The van der Waals surface area contributed by atoms with E-state index in [1.807, 2.05) is 36.4 Å². The largest absolute Gasteiger partial charge is 0.494 e. The Morgan fingerprint density at radius 1 is 0.346 bits per heavy atom. The van der Waals surface area contributed by atoms with Crippen LogP contribution in [0.1, 0.15) is 135 Å². The number of fused-ring (bicyclic) bond motifs is 9. The van der Waals surface area contributed by atoms with Crippen LogP contribution in [0, 0.1) is 0 Å². The number of nitrogens with zero attached hydrogens (tertiary/aromatic N) is 2. The molecule has 1 aromatic heterocycles. The van der Waals surface area contributed by atoms with Gasteiger partial charge in [0.1, 0.15) is 11.5 Å². The molecule has 13 aromatic carbocycles. The molecule has 1 heterocycles. The number of ether oxygens (including phenoxy) is 2. The van der Waals surface area contributed by atoms with Crippen molar-refractivity contribution in [1.29, 1.82) is 0 Å². The van der Waals surface area contributed by atoms with E-state index in [-0.39, 0.29) is 5.41 Å². The monoisotopic (exact) mass is 1350 g/mol. The van der Waals surface area contributed by atoms with Crippen molar-refractivity contribution in [2.75, 3.05) is 18.1 Å². The highest BCUT2D eigenvalue weighted by Crippen LogP contribution is 2.59. The lowest BCUT2D eigenvalue weighted by atomic mass is 9.69. The second-order valence-corrected chi connectivity index (χ2v) is 29.5. The molecule has 0 bridgehead atoms. The van der Waals surface area contributed by atoms with E-state index in [1.165, 1.54) is 99.7 Å². The third-order valence-electron chi connectivity index (χ3n) is 22.3. The number of aromatic nitrogens is 1. The maximum Gasteiger partial charge on any atom is 0.119 e. The molecule has 2 aliphatic carbocycles. The van der Waals surface area contributed by atoms with Crippen molar-refractivity contribution in [3.05, 3.63) is 373 Å². The molecular formula is C100H90N2O2. The van der Waals surface area contributed by atoms with Gasteiger partial charge in [0.15, 0.2) is 0 Å². The maximum absolute atomic E-state index is 6.25. The van der Waals surface area contributed by atoms with E-state index < -0.39 is 10.8 Å². The Hall–Kier alpha value is -11.5. The van der Waals surface area contributed by atoms with Gasteiger partial charge in [-0.05, 0) is 223 Å². The van der Waals surface area contributed by atoms with Crippen molar-refractivity contribution in [3.63, 3.8) is 0 Å². The number of hydrogen-bond acceptors (Lipinski definition) is 3. The normalized spacial score (nSPS) is 14.9. The molecule has 2 aliphatic rings. The summed E-state index contributed by atoms with van der Waals surface area (Å²) in [5, 5.41) is 2.45. The zero-order valence-corrected chi connectivity index (χ0v) is 60.2. The van der Waals surface area contributed by atoms with Gasteiger partial charge in [0.25, 0.3) is 0 Å². The Kier molecular flexibility index (Phi) is 18.8. The topological polar surface area (TPSA) is 26.6 Å². The third-order valence-corrected chi connectivity index (χ3v) is 22.3. The molecule has 14 aromatic rings. The van der Waals surface area contributed by atoms with E-state index in [1.54, 1.807) is 0 Å². The van der Waals surface area contributed by atoms with Gasteiger partial charge in [-0.25, -0.2) is 0 Å². The summed E-state index contributed by atoms with van der Waals surface area (Å²) in [5.74, 6) is 1.81. The molecule has 2 unspecified atom stereocenters. The standard InChI is InChI=1S/C100H90N2O2/c1-6-71-39-55-84(56-40-71)103-65-27-10-8-25-63-99(78-29-15-12-16-30-78)92-37-23-21-35-86(92)88-59-53-82(69-94(88)99)101(83-54-60-89-87-36-22-24-38-93(87)100(95(89)70-83,79-31-17-13-18-32-79)64-26-9-11-28-66-104-85-57-41-72(7-2)42-58-85)81-51-45-74(46-52-81)76-48-62-97-91(68-76)90-67-75(73-43-49-77(50-44-73)98(3,4)5)47-61-96(90)102(97)80-33-19-14-20-34-80/h6-7,12-24,29-62,67-70H,1-2,8-11,25-28,63-66H2,3-5H3. The van der Waals surface area contributed by atoms with Crippen molar-refractivity contribution in [3.8, 4) is 61.7 Å². The van der Waals surface area contributed by atoms with Gasteiger partial charge in [-0.2, -0.15) is 0 Å². The zero-order chi connectivity index (χ0) is 70.6. The molecule has 16 rings (SSSR count). The molecule has 0 saturated heterocycles. The maximum atomic E-state index is 6.25. The number of rotatable bonds is 26. The molecule has 0 aliphatic heterocycles. The first kappa shape index (κ1) is 67.1. The lowest BCUT2D eigenvalue weighted by Crippen LogP contribution is -2.28. The average molecular weight is 1350 g/mol. The number of para-hydroxylation sites is 1. The first-order valence-corrected chi connectivity index (χ1v) is 37.6. The van der Waals surface area contributed by atoms with E-state index in [0.717, 1.165) is 115 Å². The van der Waals surface area contributed by atoms with Crippen LogP contribution in [0.25, 0.3) is 84.2 Å². The molecule has 0 amide bonds. The summed E-state index contributed by atoms with van der Waals surface area (Å²) in [5.41, 5.74) is 27.8. The van der Waals surface area contributed by atoms with Crippen LogP contribution < -0.4 is 14.4 Å². The molecule has 512 valence electrons. The highest BCUT2D eigenvalue weighted by Gasteiger charge is 2.46. The Morgan fingerprint density at radius 3 is 1.17 bits per heavy atom. The minimum Gasteiger partial charge on any atom is -0.494 e. The van der Waals surface area contributed by atoms with E-state index in [0.29, 0.717) is 13.2 Å². The van der Waals surface area contributed by atoms with E-state index >= 15 is 0 Å². The Bertz CT molecular complexity index is 5170. The van der Waals surface area contributed by atoms with Crippen LogP contribution in [0.3, 0.4) is 0 Å². The van der Waals surface area contributed by atoms with E-state index in [9.17, 15) is 0 Å². The fraction of sp³-hybridized carbons (Fsp3) is 0.180. The van der Waals surface area contributed by atoms with Gasteiger partial charge in [-0.15, -0.1) is 0 Å². The van der Waals surface area contributed by atoms with Gasteiger partial charge >= 0.3 is 0 Å². The van der Waals surface area contributed by atoms with Gasteiger partial charge in [0.2, 0.25) is 0 Å². The summed E-state index contributed by atoms with van der Waals surface area (Å²) in [7, 11) is 0. The van der Waals surface area contributed by atoms with Crippen molar-refractivity contribution in [2.45, 2.75) is 101 Å². The summed E-state index contributed by atoms with van der Waals surface area (Å²) < 4.78 is 14.9. The van der Waals surface area contributed by atoms with Gasteiger partial charge in [-0.1, -0.05) is 297 Å². The Labute approximate surface area is 614 Å². The lowest BCUT2D eigenvalue weighted by molar-refractivity contribution is 0.303. The fourth-order valence-electron chi connectivity index (χ4n) is 17.0. The molecule has 4 heteroatoms. The van der Waals surface area contributed by atoms with Gasteiger partial charge < -0.3 is 18.9 Å². The predicted octanol–water partition coefficient (Wildman–Crippen LogP) is 26.9. The molecule has 0 saturated carbocycles. The summed E-state index contributed by atoms with van der Waals surface area (Å²) in [6, 6.07) is 116. The van der Waals surface area contributed by atoms with Crippen molar-refractivity contribution >= 4 is 51.0 Å². The highest BCUT2D eigenvalue weighted by atomic mass is 16.5. The number of hydrogen-bond donors (Lipinski definition) is 0. The van der Waals surface area contributed by atoms with Crippen molar-refractivity contribution in [1.82, 2.24) is 4.57 Å². The SMILES string of the molecule is C=Cc1ccc(OCCCCCCC2(c3ccccc3)c3ccccc3-c3ccc(N(c4ccc(-c5ccc6c(c5)c5cc(-c7ccc(C(C)(C)C)cc7)ccc5n6-c5ccccc5)cc4)c4ccc5c(c4)C(CCCCCCOc4ccc(C=C)cc4)(c4ccccc4)c4ccccc4-5)cc32)cc1. The van der Waals surface area contributed by atoms with Gasteiger partial charge in [0, 0.05) is 44.4 Å². The minimum absolute atomic E-state index is 0.0729. The molecular weight excluding hydrogens is 1260 g/mol. The van der Waals surface area contributed by atoms with E-state index in [2.05, 4.69) is 329 Å². The van der Waals surface area contributed by atoms with Crippen molar-refractivity contribution < 1.29 is 9.47 Å². The van der Waals surface area contributed by atoms with E-state index in [4.69, 9.17) is 9.47 Å². The number of benzene rings is 13. The summed E-state index contributed by atoms with van der Waals surface area (Å²) in [6.07, 6.45) is 14.1. The predicted molar refractivity (Wildman–Crippen MR) is 439 cm³/mol. The number of unbranched alkanes of at least 4 members (excludes halogenated alkanes) is 6. The fourth-order valence-corrected chi connectivity index (χ4v) is 17.0. The number of anilines is 3. The van der Waals surface area contributed by atoms with Crippen LogP contribution in [-0.2, 0) is 16.2 Å². The molecule has 0 spiro atoms. The molecule has 104 heavy (non-hydrogen) atoms. The molecule has 0 radical (unpaired) electrons. The minimum atomic E-state index is -0.396. The zero-order valence-electron chi connectivity index (χ0n) is 60.2. The van der Waals surface area contributed by atoms with Crippen LogP contribution in [0.2, 0.25) is 0 Å². The lowest BCUT2D eigenvalue weighted by Gasteiger charge is -2.35. The Morgan fingerprint density at radius 2 is 0.731 bits per heavy atom. The van der Waals surface area contributed by atoms with Crippen LogP contribution in [0.5, 0.6) is 11.5 Å². The Balaban J connectivity index is 0.797. The molecule has 4 nitrogen and oxygen atoms in total. The van der Waals surface area contributed by atoms with Gasteiger partial charge in [-0.3, -0.25) is 0 Å². The highest BCUT2D eigenvalue weighted by molar-refractivity contribution is 6.12. The van der Waals surface area contributed by atoms with Crippen LogP contribution in [0.4, 0.5) is 17.1 Å². The summed E-state index contributed by atoms with van der Waals surface area (Å²) in [6.45, 7) is 16.1. The smallest absolute Gasteiger partial charge is 0.119 e. The summed E-state index contributed by atoms with van der Waals surface area (Å²) >= 11 is 0. The van der Waals surface area contributed by atoms with Gasteiger partial charge in [0.05, 0.1) is 24.2 Å². The van der Waals surface area contributed by atoms with Crippen LogP contribution in [0.15, 0.2) is 323 Å². The van der Waals surface area contributed by atoms with Crippen LogP contribution >= 0.6 is 0 Å². The third kappa shape index (κ3) is 12.8.